The van der Waals surface area contributed by atoms with Crippen molar-refractivity contribution in [2.75, 3.05) is 50.7 Å². The number of amides is 2. The quantitative estimate of drug-likeness (QED) is 0.0682. The molecule has 0 aliphatic rings. The first kappa shape index (κ1) is 43.4. The van der Waals surface area contributed by atoms with E-state index in [1.807, 2.05) is 38.1 Å². The van der Waals surface area contributed by atoms with E-state index in [4.69, 9.17) is 48.0 Å². The smallest absolute Gasteiger partial charge is 0.239 e. The topological polar surface area (TPSA) is 173 Å². The number of fused-ring (bicyclic) bond motifs is 2. The van der Waals surface area contributed by atoms with Gasteiger partial charge in [0.2, 0.25) is 11.8 Å². The Balaban J connectivity index is 0.000000229. The van der Waals surface area contributed by atoms with E-state index in [0.717, 1.165) is 40.4 Å². The number of halogens is 1. The first-order valence-electron chi connectivity index (χ1n) is 15.7. The van der Waals surface area contributed by atoms with Gasteiger partial charge in [-0.2, -0.15) is 5.26 Å². The Kier molecular flexibility index (Phi) is 17.9. The van der Waals surface area contributed by atoms with Crippen molar-refractivity contribution in [3.05, 3.63) is 76.0 Å². The summed E-state index contributed by atoms with van der Waals surface area (Å²) in [7, 11) is 6.21. The van der Waals surface area contributed by atoms with Gasteiger partial charge in [-0.25, -0.2) is 15.0 Å². The summed E-state index contributed by atoms with van der Waals surface area (Å²) in [5, 5.41) is 12.8. The Morgan fingerprint density at radius 3 is 1.85 bits per heavy atom. The number of carbonyl (C=O) groups is 2. The number of benzene rings is 2. The largest absolute Gasteiger partial charge is 0.493 e. The maximum Gasteiger partial charge on any atom is 0.239 e. The maximum atomic E-state index is 12.2. The second-order valence-electron chi connectivity index (χ2n) is 10.4. The number of nitriles is 1. The minimum Gasteiger partial charge on any atom is -0.493 e. The summed E-state index contributed by atoms with van der Waals surface area (Å²) in [5.74, 6) is 2.19. The number of carbonyl (C=O) groups excluding carboxylic acids is 2. The number of anilines is 2. The third kappa shape index (κ3) is 13.5. The Morgan fingerprint density at radius 2 is 1.31 bits per heavy atom. The third-order valence-electron chi connectivity index (χ3n) is 6.58. The molecule has 6 aromatic rings. The number of pyridine rings is 2. The summed E-state index contributed by atoms with van der Waals surface area (Å²) in [6.45, 7) is 5.33. The van der Waals surface area contributed by atoms with Crippen molar-refractivity contribution in [2.45, 2.75) is 25.1 Å². The zero-order valence-electron chi connectivity index (χ0n) is 30.4. The Hall–Kier alpha value is -4.99. The molecule has 0 atom stereocenters. The third-order valence-corrected chi connectivity index (χ3v) is 10.2. The molecule has 4 heterocycles. The van der Waals surface area contributed by atoms with Crippen LogP contribution in [-0.2, 0) is 9.59 Å². The van der Waals surface area contributed by atoms with E-state index < -0.39 is 0 Å². The fourth-order valence-electron chi connectivity index (χ4n) is 4.24. The summed E-state index contributed by atoms with van der Waals surface area (Å²) < 4.78 is 24.3. The lowest BCUT2D eigenvalue weighted by atomic mass is 10.2. The van der Waals surface area contributed by atoms with Crippen LogP contribution in [0, 0.1) is 29.1 Å². The van der Waals surface area contributed by atoms with E-state index in [2.05, 4.69) is 30.6 Å². The van der Waals surface area contributed by atoms with Gasteiger partial charge in [-0.1, -0.05) is 11.8 Å². The van der Waals surface area contributed by atoms with Crippen molar-refractivity contribution >= 4 is 102 Å². The summed E-state index contributed by atoms with van der Waals surface area (Å²) in [5.41, 5.74) is 4.86. The highest BCUT2D eigenvalue weighted by Gasteiger charge is 2.11. The minimum atomic E-state index is -0.260. The van der Waals surface area contributed by atoms with Crippen LogP contribution >= 0.6 is 58.3 Å². The molecular formula is C36H38ClN7O6S4. The molecule has 18 heteroatoms. The maximum absolute atomic E-state index is 12.2. The molecule has 4 aromatic heterocycles. The van der Waals surface area contributed by atoms with Crippen LogP contribution in [0.4, 0.5) is 11.4 Å². The van der Waals surface area contributed by atoms with Crippen LogP contribution < -0.4 is 29.6 Å². The average molecular weight is 828 g/mol. The fourth-order valence-corrected chi connectivity index (χ4v) is 7.15. The molecule has 0 radical (unpaired) electrons. The lowest BCUT2D eigenvalue weighted by molar-refractivity contribution is -0.114. The molecule has 0 unspecified atom stereocenters. The molecule has 13 nitrogen and oxygen atoms in total. The molecule has 0 bridgehead atoms. The van der Waals surface area contributed by atoms with Crippen LogP contribution in [0.15, 0.2) is 65.0 Å². The summed E-state index contributed by atoms with van der Waals surface area (Å²) in [4.78, 5) is 39.3. The molecule has 0 saturated heterocycles. The molecule has 0 fully saturated rings. The highest BCUT2D eigenvalue weighted by Crippen LogP contribution is 2.32. The molecule has 0 aliphatic carbocycles. The van der Waals surface area contributed by atoms with Crippen LogP contribution in [0.5, 0.6) is 23.0 Å². The van der Waals surface area contributed by atoms with Gasteiger partial charge in [-0.05, 0) is 74.6 Å². The van der Waals surface area contributed by atoms with Gasteiger partial charge in [0.15, 0.2) is 36.9 Å². The van der Waals surface area contributed by atoms with E-state index >= 15 is 0 Å². The number of methoxy groups -OCH3 is 4. The second-order valence-corrected chi connectivity index (χ2v) is 14.7. The number of nitrogens with zero attached hydrogens (tertiary/aromatic N) is 4. The summed E-state index contributed by atoms with van der Waals surface area (Å²) >= 11 is 14.8. The summed E-state index contributed by atoms with van der Waals surface area (Å²) in [6.07, 6.45) is 0. The van der Waals surface area contributed by atoms with E-state index in [-0.39, 0.29) is 23.4 Å². The number of aromatic nitrogens is 4. The zero-order chi connectivity index (χ0) is 39.6. The number of hydrogen-bond acceptors (Lipinski definition) is 14. The first-order chi connectivity index (χ1) is 26.0. The van der Waals surface area contributed by atoms with Crippen LogP contribution in [0.1, 0.15) is 18.3 Å². The monoisotopic (exact) mass is 827 g/mol. The van der Waals surface area contributed by atoms with Gasteiger partial charge in [0.1, 0.15) is 11.5 Å². The van der Waals surface area contributed by atoms with Crippen molar-refractivity contribution in [3.63, 3.8) is 0 Å². The number of thioether (sulfide) groups is 1. The molecule has 0 saturated carbocycles. The zero-order valence-corrected chi connectivity index (χ0v) is 34.5. The van der Waals surface area contributed by atoms with Gasteiger partial charge in [0.25, 0.3) is 0 Å². The fraction of sp³-hybridized carbons (Fsp3) is 0.250. The number of aromatic amines is 1. The molecule has 0 aliphatic heterocycles. The van der Waals surface area contributed by atoms with Crippen molar-refractivity contribution in [1.82, 2.24) is 19.9 Å². The number of H-pyrrole nitrogens is 1. The highest BCUT2D eigenvalue weighted by molar-refractivity contribution is 8.01. The number of ether oxygens (including phenoxy) is 4. The lowest BCUT2D eigenvalue weighted by Gasteiger charge is -2.10. The molecule has 0 spiro atoms. The minimum absolute atomic E-state index is 0.0751. The number of alkyl halides is 1. The first-order valence-corrected chi connectivity index (χ1v) is 19.3. The second kappa shape index (κ2) is 22.3. The SMILES string of the molecule is CC#N.COc1ccc(NC(=O)CCl)cc1OC.COc1ccc(NC(=O)CSc2nc3nc(C)ccc3s2)cc1OC.Cc1ccc2sc(=S)[nH]c2n1. The lowest BCUT2D eigenvalue weighted by Crippen LogP contribution is -2.14. The Bertz CT molecular complexity index is 2270. The average Bonchev–Trinajstić information content (AvgIpc) is 3.75. The molecule has 284 valence electrons. The van der Waals surface area contributed by atoms with Gasteiger partial charge in [-0.3, -0.25) is 9.59 Å². The molecule has 54 heavy (non-hydrogen) atoms. The number of aryl methyl sites for hydroxylation is 2. The van der Waals surface area contributed by atoms with Crippen LogP contribution in [0.25, 0.3) is 20.7 Å². The Morgan fingerprint density at radius 1 is 0.796 bits per heavy atom. The van der Waals surface area contributed by atoms with Crippen molar-refractivity contribution < 1.29 is 28.5 Å². The van der Waals surface area contributed by atoms with Crippen molar-refractivity contribution in [2.24, 2.45) is 0 Å². The number of thiazole rings is 2. The predicted molar refractivity (Wildman–Crippen MR) is 221 cm³/mol. The number of nitrogens with one attached hydrogen (secondary N) is 3. The summed E-state index contributed by atoms with van der Waals surface area (Å²) in [6, 6.07) is 20.1. The molecule has 2 amide bonds. The Labute approximate surface area is 335 Å². The van der Waals surface area contributed by atoms with Crippen molar-refractivity contribution in [1.29, 1.82) is 5.26 Å². The standard InChI is InChI=1S/C17H17N3O3S2.C10H12ClNO3.C7H6N2S2.C2H3N/c1-10-4-7-14-16(18-10)20-17(25-14)24-9-15(21)19-11-5-6-12(22-2)13(8-11)23-3;1-14-8-4-3-7(5-9(8)15-2)12-10(13)6-11;1-4-2-3-5-6(8-4)9-7(10)11-5;1-2-3/h4-8H,9H2,1-3H3,(H,19,21);3-5H,6H2,1-2H3,(H,12,13);2-3H,1H3,(H,8,9,10);1H3. The van der Waals surface area contributed by atoms with E-state index in [0.29, 0.717) is 34.4 Å². The molecular weight excluding hydrogens is 790 g/mol. The van der Waals surface area contributed by atoms with Gasteiger partial charge in [0.05, 0.1) is 49.7 Å². The van der Waals surface area contributed by atoms with Crippen LogP contribution in [-0.4, -0.2) is 71.8 Å². The van der Waals surface area contributed by atoms with Crippen LogP contribution in [0.3, 0.4) is 0 Å². The van der Waals surface area contributed by atoms with Gasteiger partial charge in [-0.15, -0.1) is 34.3 Å². The molecule has 6 rings (SSSR count). The molecule has 2 aromatic carbocycles. The van der Waals surface area contributed by atoms with Gasteiger partial charge >= 0.3 is 0 Å². The van der Waals surface area contributed by atoms with E-state index in [9.17, 15) is 9.59 Å². The number of hydrogen-bond donors (Lipinski definition) is 3. The molecule has 3 N–H and O–H groups in total. The predicted octanol–water partition coefficient (Wildman–Crippen LogP) is 8.82. The van der Waals surface area contributed by atoms with Crippen LogP contribution in [0.2, 0.25) is 0 Å². The van der Waals surface area contributed by atoms with Crippen molar-refractivity contribution in [3.8, 4) is 29.1 Å². The normalized spacial score (nSPS) is 9.91. The highest BCUT2D eigenvalue weighted by atomic mass is 35.5. The number of rotatable bonds is 10. The van der Waals surface area contributed by atoms with Gasteiger partial charge in [0, 0.05) is 41.8 Å². The van der Waals surface area contributed by atoms with E-state index in [1.165, 1.54) is 37.1 Å². The van der Waals surface area contributed by atoms with E-state index in [1.54, 1.807) is 75.1 Å². The van der Waals surface area contributed by atoms with Gasteiger partial charge < -0.3 is 34.6 Å².